The number of anilines is 2. The third-order valence-electron chi connectivity index (χ3n) is 3.02. The first kappa shape index (κ1) is 19.1. The molecule has 0 spiro atoms. The van der Waals surface area contributed by atoms with Crippen molar-refractivity contribution in [2.45, 2.75) is 0 Å². The second-order valence-corrected chi connectivity index (χ2v) is 6.12. The van der Waals surface area contributed by atoms with E-state index in [4.69, 9.17) is 33.3 Å². The van der Waals surface area contributed by atoms with E-state index in [1.807, 2.05) is 0 Å². The Balaban J connectivity index is 2.69. The summed E-state index contributed by atoms with van der Waals surface area (Å²) in [5.74, 6) is -2.19. The molecule has 0 aliphatic rings. The minimum absolute atomic E-state index is 0.0793. The molecule has 0 saturated carbocycles. The maximum Gasteiger partial charge on any atom is 0.340 e. The summed E-state index contributed by atoms with van der Waals surface area (Å²) in [6.45, 7) is 0. The fraction of sp³-hybridized carbons (Fsp3) is 0.214. The fourth-order valence-electron chi connectivity index (χ4n) is 2.00. The molecule has 1 aromatic carbocycles. The van der Waals surface area contributed by atoms with E-state index in [0.29, 0.717) is 10.3 Å². The molecule has 0 radical (unpaired) electrons. The molecule has 1 heterocycles. The molecule has 3 N–H and O–H groups in total. The Bertz CT molecular complexity index is 868. The lowest BCUT2D eigenvalue weighted by Gasteiger charge is -2.10. The van der Waals surface area contributed by atoms with Crippen molar-refractivity contribution in [1.29, 1.82) is 5.41 Å². The van der Waals surface area contributed by atoms with E-state index in [0.717, 1.165) is 17.6 Å². The van der Waals surface area contributed by atoms with Gasteiger partial charge in [-0.2, -0.15) is 0 Å². The number of aromatic nitrogens is 1. The maximum absolute atomic E-state index is 12.1. The lowest BCUT2D eigenvalue weighted by atomic mass is 10.1. The highest BCUT2D eigenvalue weighted by molar-refractivity contribution is 7.22. The fourth-order valence-corrected chi connectivity index (χ4v) is 3.16. The molecule has 2 amide bonds. The average Bonchev–Trinajstić information content (AvgIpc) is 3.03. The van der Waals surface area contributed by atoms with E-state index in [1.54, 1.807) is 0 Å². The summed E-state index contributed by atoms with van der Waals surface area (Å²) < 4.78 is 5.16. The van der Waals surface area contributed by atoms with E-state index in [9.17, 15) is 14.4 Å². The average molecular weight is 403 g/mol. The van der Waals surface area contributed by atoms with Crippen LogP contribution in [0.4, 0.5) is 10.8 Å². The predicted octanol–water partition coefficient (Wildman–Crippen LogP) is 2.44. The number of thiazole rings is 1. The third kappa shape index (κ3) is 4.06. The Labute approximate surface area is 156 Å². The van der Waals surface area contributed by atoms with Crippen molar-refractivity contribution in [1.82, 2.24) is 4.98 Å². The van der Waals surface area contributed by atoms with Gasteiger partial charge in [-0.3, -0.25) is 9.59 Å². The molecule has 132 valence electrons. The molecular formula is C14H12Cl2N4O4S. The van der Waals surface area contributed by atoms with Gasteiger partial charge in [0.2, 0.25) is 11.8 Å². The molecular weight excluding hydrogens is 391 g/mol. The van der Waals surface area contributed by atoms with Crippen molar-refractivity contribution in [3.8, 4) is 0 Å². The number of amides is 2. The molecule has 8 nitrogen and oxygen atoms in total. The first-order valence-corrected chi connectivity index (χ1v) is 8.61. The lowest BCUT2D eigenvalue weighted by Crippen LogP contribution is -2.15. The lowest BCUT2D eigenvalue weighted by molar-refractivity contribution is -0.114. The second kappa shape index (κ2) is 8.24. The topological polar surface area (TPSA) is 121 Å². The number of nitrogens with zero attached hydrogens (tertiary/aromatic N) is 1. The SMILES string of the molecule is COC(=O)c1cc(NC(=O)CCl)c(C=N)c2sc(NC(=O)CCl)nc12. The van der Waals surface area contributed by atoms with E-state index < -0.39 is 17.8 Å². The monoisotopic (exact) mass is 402 g/mol. The first-order valence-electron chi connectivity index (χ1n) is 6.73. The van der Waals surface area contributed by atoms with Crippen LogP contribution in [0, 0.1) is 5.41 Å². The summed E-state index contributed by atoms with van der Waals surface area (Å²) >= 11 is 12.0. The summed E-state index contributed by atoms with van der Waals surface area (Å²) in [4.78, 5) is 39.3. The zero-order valence-electron chi connectivity index (χ0n) is 12.8. The highest BCUT2D eigenvalue weighted by Crippen LogP contribution is 2.35. The number of halogens is 2. The van der Waals surface area contributed by atoms with Gasteiger partial charge in [-0.25, -0.2) is 9.78 Å². The van der Waals surface area contributed by atoms with Crippen molar-refractivity contribution in [3.05, 3.63) is 17.2 Å². The highest BCUT2D eigenvalue weighted by Gasteiger charge is 2.22. The zero-order valence-corrected chi connectivity index (χ0v) is 15.1. The van der Waals surface area contributed by atoms with Crippen molar-refractivity contribution in [2.24, 2.45) is 0 Å². The standard InChI is InChI=1S/C14H12Cl2N4O4S/c1-24-13(23)6-2-8(18-9(21)3-15)7(5-17)12-11(6)20-14(25-12)19-10(22)4-16/h2,5,17H,3-4H2,1H3,(H,18,21)(H,19,20,22). The zero-order chi connectivity index (χ0) is 18.6. The van der Waals surface area contributed by atoms with Crippen molar-refractivity contribution < 1.29 is 19.1 Å². The molecule has 0 bridgehead atoms. The van der Waals surface area contributed by atoms with Gasteiger partial charge in [0.1, 0.15) is 11.8 Å². The number of carbonyl (C=O) groups is 3. The molecule has 0 atom stereocenters. The van der Waals surface area contributed by atoms with Gasteiger partial charge in [0.25, 0.3) is 0 Å². The van der Waals surface area contributed by atoms with E-state index in [1.165, 1.54) is 13.2 Å². The molecule has 0 fully saturated rings. The van der Waals surface area contributed by atoms with Crippen LogP contribution < -0.4 is 10.6 Å². The van der Waals surface area contributed by atoms with E-state index in [-0.39, 0.29) is 33.7 Å². The van der Waals surface area contributed by atoms with Crippen LogP contribution in [-0.4, -0.2) is 47.9 Å². The van der Waals surface area contributed by atoms with Crippen LogP contribution in [0.1, 0.15) is 15.9 Å². The number of carbonyl (C=O) groups excluding carboxylic acids is 3. The molecule has 25 heavy (non-hydrogen) atoms. The van der Waals surface area contributed by atoms with Gasteiger partial charge in [-0.05, 0) is 6.07 Å². The van der Waals surface area contributed by atoms with Gasteiger partial charge < -0.3 is 20.8 Å². The molecule has 11 heteroatoms. The van der Waals surface area contributed by atoms with Crippen molar-refractivity contribution in [2.75, 3.05) is 29.5 Å². The molecule has 0 aliphatic heterocycles. The van der Waals surface area contributed by atoms with Gasteiger partial charge in [-0.1, -0.05) is 11.3 Å². The maximum atomic E-state index is 12.1. The van der Waals surface area contributed by atoms with E-state index in [2.05, 4.69) is 15.6 Å². The smallest absolute Gasteiger partial charge is 0.340 e. The van der Waals surface area contributed by atoms with Crippen molar-refractivity contribution >= 4 is 79.6 Å². The molecule has 1 aromatic heterocycles. The normalized spacial score (nSPS) is 10.4. The van der Waals surface area contributed by atoms with Gasteiger partial charge in [0, 0.05) is 11.8 Å². The van der Waals surface area contributed by atoms with Gasteiger partial charge in [0.15, 0.2) is 5.13 Å². The van der Waals surface area contributed by atoms with Crippen LogP contribution >= 0.6 is 34.5 Å². The number of benzene rings is 1. The number of fused-ring (bicyclic) bond motifs is 1. The number of rotatable bonds is 6. The Kier molecular flexibility index (Phi) is 6.29. The molecule has 2 aromatic rings. The number of hydrogen-bond acceptors (Lipinski definition) is 7. The number of ether oxygens (including phenoxy) is 1. The Morgan fingerprint density at radius 3 is 2.48 bits per heavy atom. The summed E-state index contributed by atoms with van der Waals surface area (Å²) in [5, 5.41) is 12.8. The predicted molar refractivity (Wildman–Crippen MR) is 97.5 cm³/mol. The van der Waals surface area contributed by atoms with Gasteiger partial charge >= 0.3 is 5.97 Å². The number of alkyl halides is 2. The van der Waals surface area contributed by atoms with Crippen LogP contribution in [-0.2, 0) is 14.3 Å². The highest BCUT2D eigenvalue weighted by atomic mass is 35.5. The van der Waals surface area contributed by atoms with Crippen LogP contribution in [0.2, 0.25) is 0 Å². The first-order chi connectivity index (χ1) is 11.9. The number of hydrogen-bond donors (Lipinski definition) is 3. The van der Waals surface area contributed by atoms with Gasteiger partial charge in [-0.15, -0.1) is 23.2 Å². The second-order valence-electron chi connectivity index (χ2n) is 4.58. The Morgan fingerprint density at radius 1 is 1.28 bits per heavy atom. The number of nitrogens with one attached hydrogen (secondary N) is 3. The molecule has 0 aliphatic carbocycles. The van der Waals surface area contributed by atoms with Crippen molar-refractivity contribution in [3.63, 3.8) is 0 Å². The quantitative estimate of drug-likeness (QED) is 0.389. The number of methoxy groups -OCH3 is 1. The Morgan fingerprint density at radius 2 is 1.92 bits per heavy atom. The minimum Gasteiger partial charge on any atom is -0.465 e. The summed E-state index contributed by atoms with van der Waals surface area (Å²) in [5.41, 5.74) is 0.858. The molecule has 0 saturated heterocycles. The van der Waals surface area contributed by atoms with Crippen LogP contribution in [0.5, 0.6) is 0 Å². The third-order valence-corrected chi connectivity index (χ3v) is 4.51. The Hall–Kier alpha value is -2.23. The summed E-state index contributed by atoms with van der Waals surface area (Å²) in [6, 6.07) is 1.35. The van der Waals surface area contributed by atoms with Crippen LogP contribution in [0.15, 0.2) is 6.07 Å². The van der Waals surface area contributed by atoms with Crippen LogP contribution in [0.25, 0.3) is 10.2 Å². The largest absolute Gasteiger partial charge is 0.465 e. The summed E-state index contributed by atoms with van der Waals surface area (Å²) in [6.07, 6.45) is 1.01. The minimum atomic E-state index is -0.677. The molecule has 2 rings (SSSR count). The molecule has 0 unspecified atom stereocenters. The van der Waals surface area contributed by atoms with E-state index >= 15 is 0 Å². The number of esters is 1. The van der Waals surface area contributed by atoms with Crippen LogP contribution in [0.3, 0.4) is 0 Å². The summed E-state index contributed by atoms with van der Waals surface area (Å²) in [7, 11) is 1.21. The van der Waals surface area contributed by atoms with Gasteiger partial charge in [0.05, 0.1) is 28.6 Å².